The van der Waals surface area contributed by atoms with Gasteiger partial charge in [-0.3, -0.25) is 14.5 Å². The number of carboxylic acid groups (broad SMARTS) is 1. The van der Waals surface area contributed by atoms with Crippen molar-refractivity contribution in [3.63, 3.8) is 0 Å². The van der Waals surface area contributed by atoms with E-state index in [0.717, 1.165) is 11.3 Å². The largest absolute Gasteiger partial charge is 0.480 e. The van der Waals surface area contributed by atoms with Gasteiger partial charge in [0.15, 0.2) is 0 Å². The Bertz CT molecular complexity index is 514. The molecule has 1 heterocycles. The molecule has 0 aromatic carbocycles. The summed E-state index contributed by atoms with van der Waals surface area (Å²) in [5, 5.41) is 9.15. The third-order valence-corrected chi connectivity index (χ3v) is 4.41. The Morgan fingerprint density at radius 2 is 1.89 bits per heavy atom. The van der Waals surface area contributed by atoms with E-state index < -0.39 is 12.0 Å². The van der Waals surface area contributed by atoms with Gasteiger partial charge in [-0.25, -0.2) is 4.79 Å². The van der Waals surface area contributed by atoms with Gasteiger partial charge in [0.05, 0.1) is 11.8 Å². The highest BCUT2D eigenvalue weighted by molar-refractivity contribution is 6.08. The number of carbonyl (C=O) groups is 3. The number of likely N-dealkylation sites (tertiary alicyclic amines) is 1. The maximum absolute atomic E-state index is 12.3. The molecule has 0 radical (unpaired) electrons. The Morgan fingerprint density at radius 1 is 1.37 bits per heavy atom. The highest BCUT2D eigenvalue weighted by atomic mass is 16.4. The van der Waals surface area contributed by atoms with Crippen LogP contribution in [0.15, 0.2) is 12.2 Å². The number of imide groups is 1. The van der Waals surface area contributed by atoms with Crippen LogP contribution in [0.3, 0.4) is 0 Å². The van der Waals surface area contributed by atoms with Crippen LogP contribution in [0.5, 0.6) is 0 Å². The molecule has 0 spiro atoms. The van der Waals surface area contributed by atoms with Crippen molar-refractivity contribution in [2.75, 3.05) is 0 Å². The van der Waals surface area contributed by atoms with Crippen molar-refractivity contribution >= 4 is 17.8 Å². The highest BCUT2D eigenvalue weighted by Gasteiger charge is 2.61. The number of nitrogens with zero attached hydrogens (tertiary/aromatic N) is 1. The normalized spacial score (nSPS) is 36.5. The lowest BCUT2D eigenvalue weighted by Crippen LogP contribution is -2.46. The number of rotatable bonds is 3. The summed E-state index contributed by atoms with van der Waals surface area (Å²) in [4.78, 5) is 36.8. The zero-order valence-electron chi connectivity index (χ0n) is 10.2. The second-order valence-electron chi connectivity index (χ2n) is 5.31. The Labute approximate surface area is 110 Å². The second kappa shape index (κ2) is 3.95. The molecule has 5 unspecified atom stereocenters. The fourth-order valence-corrected chi connectivity index (χ4v) is 3.63. The summed E-state index contributed by atoms with van der Waals surface area (Å²) in [7, 11) is 0. The molecular formula is C14H13NO4. The van der Waals surface area contributed by atoms with Crippen LogP contribution in [-0.2, 0) is 14.4 Å². The summed E-state index contributed by atoms with van der Waals surface area (Å²) in [6.45, 7) is 0. The molecule has 5 nitrogen and oxygen atoms in total. The summed E-state index contributed by atoms with van der Waals surface area (Å²) in [6.07, 6.45) is 9.76. The van der Waals surface area contributed by atoms with Gasteiger partial charge in [0.2, 0.25) is 11.8 Å². The third kappa shape index (κ3) is 1.46. The molecule has 1 N–H and O–H groups in total. The molecule has 19 heavy (non-hydrogen) atoms. The molecule has 2 aliphatic carbocycles. The number of terminal acetylenes is 1. The average Bonchev–Trinajstić information content (AvgIpc) is 3.02. The molecule has 1 saturated heterocycles. The van der Waals surface area contributed by atoms with Crippen molar-refractivity contribution in [2.24, 2.45) is 23.7 Å². The van der Waals surface area contributed by atoms with Crippen LogP contribution in [0, 0.1) is 36.0 Å². The first-order valence-corrected chi connectivity index (χ1v) is 6.27. The fourth-order valence-electron chi connectivity index (χ4n) is 3.63. The van der Waals surface area contributed by atoms with Gasteiger partial charge in [-0.1, -0.05) is 12.2 Å². The zero-order chi connectivity index (χ0) is 13.7. The monoisotopic (exact) mass is 259 g/mol. The van der Waals surface area contributed by atoms with Crippen molar-refractivity contribution in [1.82, 2.24) is 4.90 Å². The minimum atomic E-state index is -1.23. The summed E-state index contributed by atoms with van der Waals surface area (Å²) in [5.41, 5.74) is 0. The molecule has 3 rings (SSSR count). The first-order valence-electron chi connectivity index (χ1n) is 6.27. The molecule has 1 saturated carbocycles. The van der Waals surface area contributed by atoms with Crippen LogP contribution in [0.1, 0.15) is 12.8 Å². The van der Waals surface area contributed by atoms with Crippen molar-refractivity contribution in [2.45, 2.75) is 18.9 Å². The van der Waals surface area contributed by atoms with Crippen molar-refractivity contribution in [1.29, 1.82) is 0 Å². The van der Waals surface area contributed by atoms with E-state index in [1.807, 2.05) is 12.2 Å². The van der Waals surface area contributed by atoms with Crippen LogP contribution >= 0.6 is 0 Å². The summed E-state index contributed by atoms with van der Waals surface area (Å²) >= 11 is 0. The molecule has 2 amide bonds. The lowest BCUT2D eigenvalue weighted by Gasteiger charge is -2.22. The van der Waals surface area contributed by atoms with Gasteiger partial charge in [-0.15, -0.1) is 12.3 Å². The third-order valence-electron chi connectivity index (χ3n) is 4.41. The first-order chi connectivity index (χ1) is 9.06. The van der Waals surface area contributed by atoms with E-state index in [0.29, 0.717) is 0 Å². The van der Waals surface area contributed by atoms with E-state index in [-0.39, 0.29) is 41.9 Å². The van der Waals surface area contributed by atoms with E-state index in [4.69, 9.17) is 11.5 Å². The predicted molar refractivity (Wildman–Crippen MR) is 64.4 cm³/mol. The Balaban J connectivity index is 1.94. The molecule has 2 bridgehead atoms. The number of aliphatic carboxylic acids is 1. The maximum Gasteiger partial charge on any atom is 0.327 e. The van der Waals surface area contributed by atoms with Gasteiger partial charge in [0, 0.05) is 6.42 Å². The lowest BCUT2D eigenvalue weighted by molar-refractivity contribution is -0.155. The van der Waals surface area contributed by atoms with E-state index in [2.05, 4.69) is 5.92 Å². The van der Waals surface area contributed by atoms with Gasteiger partial charge < -0.3 is 5.11 Å². The van der Waals surface area contributed by atoms with E-state index in [9.17, 15) is 14.4 Å². The molecule has 2 fully saturated rings. The Kier molecular flexibility index (Phi) is 2.49. The van der Waals surface area contributed by atoms with E-state index in [1.165, 1.54) is 0 Å². The Hall–Kier alpha value is -2.09. The number of carbonyl (C=O) groups excluding carboxylic acids is 2. The molecule has 5 atom stereocenters. The smallest absolute Gasteiger partial charge is 0.327 e. The topological polar surface area (TPSA) is 74.7 Å². The minimum Gasteiger partial charge on any atom is -0.480 e. The van der Waals surface area contributed by atoms with Gasteiger partial charge in [0.25, 0.3) is 0 Å². The number of fused-ring (bicyclic) bond motifs is 5. The summed E-state index contributed by atoms with van der Waals surface area (Å²) < 4.78 is 0. The molecule has 0 aromatic heterocycles. The van der Waals surface area contributed by atoms with Crippen LogP contribution in [0.25, 0.3) is 0 Å². The van der Waals surface area contributed by atoms with Crippen molar-refractivity contribution in [3.05, 3.63) is 12.2 Å². The molecule has 3 aliphatic rings. The minimum absolute atomic E-state index is 0.0803. The van der Waals surface area contributed by atoms with Crippen LogP contribution in [0.4, 0.5) is 0 Å². The number of carboxylic acids is 1. The highest BCUT2D eigenvalue weighted by Crippen LogP contribution is 2.52. The van der Waals surface area contributed by atoms with E-state index in [1.54, 1.807) is 0 Å². The number of allylic oxidation sites excluding steroid dienone is 2. The van der Waals surface area contributed by atoms with Gasteiger partial charge in [-0.2, -0.15) is 0 Å². The van der Waals surface area contributed by atoms with Crippen LogP contribution in [-0.4, -0.2) is 33.8 Å². The van der Waals surface area contributed by atoms with Crippen molar-refractivity contribution in [3.8, 4) is 12.3 Å². The number of amides is 2. The van der Waals surface area contributed by atoms with E-state index >= 15 is 0 Å². The average molecular weight is 259 g/mol. The molecular weight excluding hydrogens is 246 g/mol. The SMILES string of the molecule is C#CCC(C(=O)O)N1C(=O)C2C3C=CC(C3)C2C1=O. The zero-order valence-corrected chi connectivity index (χ0v) is 10.2. The van der Waals surface area contributed by atoms with Crippen LogP contribution < -0.4 is 0 Å². The molecule has 0 aromatic rings. The van der Waals surface area contributed by atoms with Crippen LogP contribution in [0.2, 0.25) is 0 Å². The number of hydrogen-bond donors (Lipinski definition) is 1. The lowest BCUT2D eigenvalue weighted by atomic mass is 9.85. The first kappa shape index (κ1) is 12.0. The van der Waals surface area contributed by atoms with Gasteiger partial charge in [0.1, 0.15) is 6.04 Å². The van der Waals surface area contributed by atoms with Crippen molar-refractivity contribution < 1.29 is 19.5 Å². The quantitative estimate of drug-likeness (QED) is 0.448. The molecule has 5 heteroatoms. The second-order valence-corrected chi connectivity index (χ2v) is 5.31. The predicted octanol–water partition coefficient (Wildman–Crippen LogP) is 0.270. The Morgan fingerprint density at radius 3 is 2.32 bits per heavy atom. The number of hydrogen-bond acceptors (Lipinski definition) is 3. The van der Waals surface area contributed by atoms with Gasteiger partial charge >= 0.3 is 5.97 Å². The molecule has 98 valence electrons. The maximum atomic E-state index is 12.3. The standard InChI is InChI=1S/C14H13NO4/c1-2-3-9(14(18)19)15-12(16)10-7-4-5-8(6-7)11(10)13(15)17/h1,4-5,7-11H,3,6H2,(H,18,19). The summed E-state index contributed by atoms with van der Waals surface area (Å²) in [5.74, 6) is -0.312. The molecule has 1 aliphatic heterocycles. The summed E-state index contributed by atoms with van der Waals surface area (Å²) in [6, 6.07) is -1.23. The fraction of sp³-hybridized carbons (Fsp3) is 0.500. The van der Waals surface area contributed by atoms with Gasteiger partial charge in [-0.05, 0) is 18.3 Å².